The number of hydrogen-bond acceptors (Lipinski definition) is 2. The first-order valence-corrected chi connectivity index (χ1v) is 4.50. The van der Waals surface area contributed by atoms with Crippen LogP contribution in [0.15, 0.2) is 30.3 Å². The van der Waals surface area contributed by atoms with Gasteiger partial charge in [-0.2, -0.15) is 5.26 Å². The lowest BCUT2D eigenvalue weighted by atomic mass is 10.1. The molecule has 0 aliphatic heterocycles. The second-order valence-corrected chi connectivity index (χ2v) is 2.99. The Labute approximate surface area is 79.2 Å². The molecule has 0 bridgehead atoms. The highest BCUT2D eigenvalue weighted by Gasteiger charge is 2.01. The van der Waals surface area contributed by atoms with Crippen molar-refractivity contribution in [3.05, 3.63) is 35.9 Å². The molecule has 0 aliphatic rings. The quantitative estimate of drug-likeness (QED) is 0.711. The first kappa shape index (κ1) is 9.76. The van der Waals surface area contributed by atoms with E-state index in [0.29, 0.717) is 12.5 Å². The summed E-state index contributed by atoms with van der Waals surface area (Å²) < 4.78 is 0. The first-order chi connectivity index (χ1) is 6.34. The zero-order valence-corrected chi connectivity index (χ0v) is 7.83. The van der Waals surface area contributed by atoms with Crippen molar-refractivity contribution in [1.29, 1.82) is 5.26 Å². The Bertz CT molecular complexity index is 274. The molecule has 1 rings (SSSR count). The van der Waals surface area contributed by atoms with Gasteiger partial charge in [-0.1, -0.05) is 30.3 Å². The fourth-order valence-electron chi connectivity index (χ4n) is 1.20. The van der Waals surface area contributed by atoms with E-state index >= 15 is 0 Å². The third-order valence-corrected chi connectivity index (χ3v) is 1.99. The second kappa shape index (κ2) is 5.34. The number of nitrogens with zero attached hydrogens (tertiary/aromatic N) is 1. The van der Waals surface area contributed by atoms with Crippen molar-refractivity contribution in [3.8, 4) is 6.07 Å². The van der Waals surface area contributed by atoms with Gasteiger partial charge in [-0.05, 0) is 12.5 Å². The Morgan fingerprint density at radius 1 is 1.38 bits per heavy atom. The van der Waals surface area contributed by atoms with E-state index in [4.69, 9.17) is 5.26 Å². The first-order valence-electron chi connectivity index (χ1n) is 4.50. The summed E-state index contributed by atoms with van der Waals surface area (Å²) in [6.07, 6.45) is 0.567. The molecule has 0 spiro atoms. The highest BCUT2D eigenvalue weighted by Crippen LogP contribution is 2.10. The van der Waals surface area contributed by atoms with E-state index < -0.39 is 0 Å². The molecular weight excluding hydrogens is 160 g/mol. The Morgan fingerprint density at radius 3 is 2.69 bits per heavy atom. The van der Waals surface area contributed by atoms with Crippen LogP contribution in [0.5, 0.6) is 0 Å². The van der Waals surface area contributed by atoms with Crippen molar-refractivity contribution in [2.45, 2.75) is 19.4 Å². The van der Waals surface area contributed by atoms with Crippen LogP contribution in [-0.4, -0.2) is 6.54 Å². The Kier molecular flexibility index (Phi) is 4.01. The second-order valence-electron chi connectivity index (χ2n) is 2.99. The van der Waals surface area contributed by atoms with Crippen molar-refractivity contribution >= 4 is 0 Å². The monoisotopic (exact) mass is 174 g/mol. The largest absolute Gasteiger partial charge is 0.309 e. The molecule has 2 nitrogen and oxygen atoms in total. The molecule has 1 atom stereocenters. The smallest absolute Gasteiger partial charge is 0.0635 e. The highest BCUT2D eigenvalue weighted by atomic mass is 14.9. The maximum absolute atomic E-state index is 8.36. The van der Waals surface area contributed by atoms with E-state index in [2.05, 4.69) is 30.4 Å². The lowest BCUT2D eigenvalue weighted by Crippen LogP contribution is -2.19. The van der Waals surface area contributed by atoms with Gasteiger partial charge in [-0.3, -0.25) is 0 Å². The van der Waals surface area contributed by atoms with Crippen molar-refractivity contribution < 1.29 is 0 Å². The lowest BCUT2D eigenvalue weighted by molar-refractivity contribution is 0.583. The minimum atomic E-state index is 0.328. The topological polar surface area (TPSA) is 35.8 Å². The number of nitrogens with one attached hydrogen (secondary N) is 1. The van der Waals surface area contributed by atoms with Gasteiger partial charge in [-0.15, -0.1) is 0 Å². The zero-order chi connectivity index (χ0) is 9.52. The minimum Gasteiger partial charge on any atom is -0.309 e. The number of benzene rings is 1. The van der Waals surface area contributed by atoms with E-state index in [1.165, 1.54) is 5.56 Å². The van der Waals surface area contributed by atoms with Gasteiger partial charge in [-0.25, -0.2) is 0 Å². The fourth-order valence-corrected chi connectivity index (χ4v) is 1.20. The van der Waals surface area contributed by atoms with Gasteiger partial charge in [0.05, 0.1) is 6.07 Å². The van der Waals surface area contributed by atoms with E-state index in [1.54, 1.807) is 0 Å². The molecule has 0 heterocycles. The van der Waals surface area contributed by atoms with E-state index in [1.807, 2.05) is 18.2 Å². The van der Waals surface area contributed by atoms with Crippen LogP contribution >= 0.6 is 0 Å². The number of rotatable bonds is 4. The van der Waals surface area contributed by atoms with Gasteiger partial charge in [0.2, 0.25) is 0 Å². The average molecular weight is 174 g/mol. The van der Waals surface area contributed by atoms with Crippen LogP contribution in [-0.2, 0) is 0 Å². The van der Waals surface area contributed by atoms with E-state index in [0.717, 1.165) is 6.54 Å². The summed E-state index contributed by atoms with van der Waals surface area (Å²) in [5.41, 5.74) is 1.26. The molecule has 0 radical (unpaired) electrons. The predicted molar refractivity (Wildman–Crippen MR) is 53.1 cm³/mol. The minimum absolute atomic E-state index is 0.328. The molecule has 2 heteroatoms. The van der Waals surface area contributed by atoms with Crippen LogP contribution in [0.4, 0.5) is 0 Å². The van der Waals surface area contributed by atoms with Crippen molar-refractivity contribution in [2.75, 3.05) is 6.54 Å². The summed E-state index contributed by atoms with van der Waals surface area (Å²) in [4.78, 5) is 0. The van der Waals surface area contributed by atoms with E-state index in [-0.39, 0.29) is 0 Å². The summed E-state index contributed by atoms with van der Waals surface area (Å²) in [5, 5.41) is 11.6. The van der Waals surface area contributed by atoms with Gasteiger partial charge < -0.3 is 5.32 Å². The van der Waals surface area contributed by atoms with E-state index in [9.17, 15) is 0 Å². The molecule has 1 unspecified atom stereocenters. The van der Waals surface area contributed by atoms with Crippen LogP contribution < -0.4 is 5.32 Å². The summed E-state index contributed by atoms with van der Waals surface area (Å²) in [5.74, 6) is 0. The maximum atomic E-state index is 8.36. The fraction of sp³-hybridized carbons (Fsp3) is 0.364. The van der Waals surface area contributed by atoms with Crippen LogP contribution in [0.2, 0.25) is 0 Å². The maximum Gasteiger partial charge on any atom is 0.0635 e. The normalized spacial score (nSPS) is 12.0. The third kappa shape index (κ3) is 3.27. The molecule has 0 saturated carbocycles. The average Bonchev–Trinajstić information content (AvgIpc) is 2.19. The van der Waals surface area contributed by atoms with Gasteiger partial charge in [0, 0.05) is 19.0 Å². The van der Waals surface area contributed by atoms with Gasteiger partial charge in [0.1, 0.15) is 0 Å². The van der Waals surface area contributed by atoms with Crippen molar-refractivity contribution in [2.24, 2.45) is 0 Å². The highest BCUT2D eigenvalue weighted by molar-refractivity contribution is 5.17. The Morgan fingerprint density at radius 2 is 2.08 bits per heavy atom. The molecule has 68 valence electrons. The number of nitriles is 1. The van der Waals surface area contributed by atoms with Gasteiger partial charge in [0.15, 0.2) is 0 Å². The molecule has 0 fully saturated rings. The molecule has 0 aromatic heterocycles. The Hall–Kier alpha value is -1.33. The van der Waals surface area contributed by atoms with Crippen molar-refractivity contribution in [3.63, 3.8) is 0 Å². The molecule has 0 amide bonds. The lowest BCUT2D eigenvalue weighted by Gasteiger charge is -2.12. The SMILES string of the molecule is CC(NCCC#N)c1ccccc1. The van der Waals surface area contributed by atoms with Crippen LogP contribution in [0, 0.1) is 11.3 Å². The summed E-state index contributed by atoms with van der Waals surface area (Å²) in [6, 6.07) is 12.7. The third-order valence-electron chi connectivity index (χ3n) is 1.99. The molecule has 1 aromatic carbocycles. The molecule has 1 aromatic rings. The number of hydrogen-bond donors (Lipinski definition) is 1. The summed E-state index contributed by atoms with van der Waals surface area (Å²) in [7, 11) is 0. The molecular formula is C11H14N2. The van der Waals surface area contributed by atoms with Gasteiger partial charge >= 0.3 is 0 Å². The molecule has 0 aliphatic carbocycles. The van der Waals surface area contributed by atoms with Crippen LogP contribution in [0.3, 0.4) is 0 Å². The van der Waals surface area contributed by atoms with Crippen molar-refractivity contribution in [1.82, 2.24) is 5.32 Å². The van der Waals surface area contributed by atoms with Crippen LogP contribution in [0.1, 0.15) is 24.9 Å². The zero-order valence-electron chi connectivity index (χ0n) is 7.83. The predicted octanol–water partition coefficient (Wildman–Crippen LogP) is 2.25. The Balaban J connectivity index is 2.41. The van der Waals surface area contributed by atoms with Crippen LogP contribution in [0.25, 0.3) is 0 Å². The summed E-state index contributed by atoms with van der Waals surface area (Å²) in [6.45, 7) is 2.86. The molecule has 1 N–H and O–H groups in total. The summed E-state index contributed by atoms with van der Waals surface area (Å²) >= 11 is 0. The molecule has 13 heavy (non-hydrogen) atoms. The van der Waals surface area contributed by atoms with Gasteiger partial charge in [0.25, 0.3) is 0 Å². The standard InChI is InChI=1S/C11H14N2/c1-10(13-9-5-8-12)11-6-3-2-4-7-11/h2-4,6-7,10,13H,5,9H2,1H3. The molecule has 0 saturated heterocycles.